The average molecular weight is 380 g/mol. The zero-order valence-electron chi connectivity index (χ0n) is 16.9. The van der Waals surface area contributed by atoms with E-state index in [2.05, 4.69) is 33.9 Å². The lowest BCUT2D eigenvalue weighted by molar-refractivity contribution is -0.384. The van der Waals surface area contributed by atoms with Crippen LogP contribution >= 0.6 is 0 Å². The van der Waals surface area contributed by atoms with E-state index in [9.17, 15) is 15.2 Å². The Morgan fingerprint density at radius 1 is 1.35 bits per heavy atom. The van der Waals surface area contributed by atoms with Gasteiger partial charge in [-0.25, -0.2) is 4.53 Å². The Hall–Kier alpha value is -1.54. The van der Waals surface area contributed by atoms with Crippen LogP contribution in [0.1, 0.15) is 46.6 Å². The number of rotatable bonds is 6. The third-order valence-electron chi connectivity index (χ3n) is 5.58. The molecule has 0 aromatic heterocycles. The number of aliphatic hydroxyl groups is 1. The number of aliphatic hydroxyl groups excluding tert-OH is 1. The SMILES string of the molecule is CCC(O)C[N+]1(O[Si](C)(C)C(C)(C)C)C=C(C)c2ccc([N+](=O)[O-])cc21. The Kier molecular flexibility index (Phi) is 5.50. The molecule has 1 aliphatic rings. The molecule has 7 heteroatoms. The molecule has 2 rings (SSSR count). The Labute approximate surface area is 156 Å². The normalized spacial score (nSPS) is 21.3. The molecular formula is C19H31N2O4Si+. The number of nitrogens with zero attached hydrogens (tertiary/aromatic N) is 2. The predicted molar refractivity (Wildman–Crippen MR) is 108 cm³/mol. The number of benzene rings is 1. The minimum Gasteiger partial charge on any atom is -0.387 e. The average Bonchev–Trinajstić information content (AvgIpc) is 2.77. The molecule has 1 heterocycles. The summed E-state index contributed by atoms with van der Waals surface area (Å²) >= 11 is 0. The zero-order chi connectivity index (χ0) is 19.9. The molecule has 26 heavy (non-hydrogen) atoms. The first kappa shape index (κ1) is 20.8. The molecule has 1 aromatic rings. The quantitative estimate of drug-likeness (QED) is 0.327. The van der Waals surface area contributed by atoms with Crippen LogP contribution in [-0.2, 0) is 4.53 Å². The first-order valence-electron chi connectivity index (χ1n) is 9.08. The second-order valence-electron chi connectivity index (χ2n) is 8.66. The lowest BCUT2D eigenvalue weighted by Gasteiger charge is -2.42. The van der Waals surface area contributed by atoms with E-state index in [4.69, 9.17) is 4.53 Å². The summed E-state index contributed by atoms with van der Waals surface area (Å²) in [5.74, 6) is 0. The van der Waals surface area contributed by atoms with Crippen molar-refractivity contribution in [3.05, 3.63) is 40.1 Å². The van der Waals surface area contributed by atoms with Gasteiger partial charge in [-0.05, 0) is 37.5 Å². The Morgan fingerprint density at radius 2 is 1.96 bits per heavy atom. The van der Waals surface area contributed by atoms with Crippen molar-refractivity contribution < 1.29 is 14.6 Å². The van der Waals surface area contributed by atoms with Crippen LogP contribution in [0.3, 0.4) is 0 Å². The minimum atomic E-state index is -2.22. The van der Waals surface area contributed by atoms with Crippen molar-refractivity contribution in [1.29, 1.82) is 0 Å². The number of non-ortho nitro benzene ring substituents is 1. The van der Waals surface area contributed by atoms with Gasteiger partial charge in [-0.2, -0.15) is 0 Å². The molecule has 144 valence electrons. The number of hydroxylamine groups is 2. The Morgan fingerprint density at radius 3 is 2.46 bits per heavy atom. The van der Waals surface area contributed by atoms with Crippen LogP contribution in [-0.4, -0.2) is 31.0 Å². The fourth-order valence-corrected chi connectivity index (χ4v) is 4.30. The largest absolute Gasteiger partial charge is 0.387 e. The summed E-state index contributed by atoms with van der Waals surface area (Å²) in [7, 11) is -2.22. The van der Waals surface area contributed by atoms with E-state index in [0.717, 1.165) is 16.8 Å². The molecular weight excluding hydrogens is 348 g/mol. The van der Waals surface area contributed by atoms with Crippen molar-refractivity contribution in [2.45, 2.75) is 65.3 Å². The van der Waals surface area contributed by atoms with Crippen molar-refractivity contribution in [3.63, 3.8) is 0 Å². The summed E-state index contributed by atoms with van der Waals surface area (Å²) in [5.41, 5.74) is 2.74. The zero-order valence-corrected chi connectivity index (χ0v) is 17.9. The molecule has 0 spiro atoms. The molecule has 0 saturated carbocycles. The van der Waals surface area contributed by atoms with Crippen molar-refractivity contribution >= 4 is 25.3 Å². The van der Waals surface area contributed by atoms with Crippen molar-refractivity contribution in [3.8, 4) is 0 Å². The summed E-state index contributed by atoms with van der Waals surface area (Å²) in [6, 6.07) is 4.91. The van der Waals surface area contributed by atoms with Gasteiger partial charge in [-0.3, -0.25) is 10.1 Å². The Bertz CT molecular complexity index is 740. The molecule has 1 aliphatic heterocycles. The van der Waals surface area contributed by atoms with E-state index in [1.807, 2.05) is 20.0 Å². The smallest absolute Gasteiger partial charge is 0.275 e. The van der Waals surface area contributed by atoms with Crippen LogP contribution < -0.4 is 4.65 Å². The summed E-state index contributed by atoms with van der Waals surface area (Å²) < 4.78 is 6.79. The maximum atomic E-state index is 11.3. The first-order valence-corrected chi connectivity index (χ1v) is 12.0. The highest BCUT2D eigenvalue weighted by molar-refractivity contribution is 6.74. The second-order valence-corrected chi connectivity index (χ2v) is 13.4. The van der Waals surface area contributed by atoms with E-state index in [1.165, 1.54) is 6.07 Å². The van der Waals surface area contributed by atoms with E-state index in [1.54, 1.807) is 12.1 Å². The van der Waals surface area contributed by atoms with Crippen LogP contribution in [0.5, 0.6) is 0 Å². The summed E-state index contributed by atoms with van der Waals surface area (Å²) in [5, 5.41) is 21.7. The molecule has 0 aliphatic carbocycles. The second kappa shape index (κ2) is 6.88. The van der Waals surface area contributed by atoms with E-state index in [0.29, 0.717) is 13.0 Å². The van der Waals surface area contributed by atoms with Gasteiger partial charge in [-0.1, -0.05) is 27.7 Å². The van der Waals surface area contributed by atoms with Gasteiger partial charge in [0.15, 0.2) is 5.69 Å². The van der Waals surface area contributed by atoms with Gasteiger partial charge >= 0.3 is 0 Å². The van der Waals surface area contributed by atoms with Crippen LogP contribution in [0.4, 0.5) is 11.4 Å². The number of quaternary nitrogens is 1. The van der Waals surface area contributed by atoms with Gasteiger partial charge in [0.05, 0.1) is 11.0 Å². The number of hydrogen-bond donors (Lipinski definition) is 1. The number of allylic oxidation sites excluding steroid dienone is 1. The first-order chi connectivity index (χ1) is 11.8. The van der Waals surface area contributed by atoms with Crippen LogP contribution in [0.2, 0.25) is 18.1 Å². The monoisotopic (exact) mass is 379 g/mol. The van der Waals surface area contributed by atoms with Crippen LogP contribution in [0.25, 0.3) is 5.57 Å². The summed E-state index contributed by atoms with van der Waals surface area (Å²) in [6.45, 7) is 15.0. The number of nitro benzene ring substituents is 1. The molecule has 0 fully saturated rings. The van der Waals surface area contributed by atoms with E-state index >= 15 is 0 Å². The van der Waals surface area contributed by atoms with E-state index < -0.39 is 14.4 Å². The minimum absolute atomic E-state index is 0.0222. The summed E-state index contributed by atoms with van der Waals surface area (Å²) in [4.78, 5) is 10.9. The lowest BCUT2D eigenvalue weighted by atomic mass is 10.1. The maximum absolute atomic E-state index is 11.3. The molecule has 0 saturated heterocycles. The molecule has 6 nitrogen and oxygen atoms in total. The maximum Gasteiger partial charge on any atom is 0.275 e. The van der Waals surface area contributed by atoms with Gasteiger partial charge in [0.25, 0.3) is 14.0 Å². The molecule has 2 unspecified atom stereocenters. The highest BCUT2D eigenvalue weighted by atomic mass is 28.4. The lowest BCUT2D eigenvalue weighted by Crippen LogP contribution is -2.57. The molecule has 0 bridgehead atoms. The molecule has 2 atom stereocenters. The fourth-order valence-electron chi connectivity index (χ4n) is 2.98. The fraction of sp³-hybridized carbons (Fsp3) is 0.579. The number of hydrogen-bond acceptors (Lipinski definition) is 4. The van der Waals surface area contributed by atoms with Crippen LogP contribution in [0.15, 0.2) is 24.4 Å². The molecule has 1 N–H and O–H groups in total. The van der Waals surface area contributed by atoms with Gasteiger partial charge < -0.3 is 5.11 Å². The highest BCUT2D eigenvalue weighted by Gasteiger charge is 2.51. The van der Waals surface area contributed by atoms with Crippen molar-refractivity contribution in [2.75, 3.05) is 6.54 Å². The number of nitro groups is 1. The number of fused-ring (bicyclic) bond motifs is 1. The van der Waals surface area contributed by atoms with E-state index in [-0.39, 0.29) is 20.3 Å². The standard InChI is InChI=1S/C19H31N2O4Si/c1-8-16(22)13-21(25-26(6,7)19(3,4)5)12-14(2)17-10-9-15(20(23)24)11-18(17)21/h9-12,16,22H,8,13H2,1-7H3/q+1. The summed E-state index contributed by atoms with van der Waals surface area (Å²) in [6.07, 6.45) is 2.03. The third kappa shape index (κ3) is 3.76. The van der Waals surface area contributed by atoms with Crippen molar-refractivity contribution in [2.24, 2.45) is 0 Å². The molecule has 0 radical (unpaired) electrons. The van der Waals surface area contributed by atoms with Gasteiger partial charge in [0.2, 0.25) is 0 Å². The topological polar surface area (TPSA) is 72.6 Å². The Balaban J connectivity index is 2.64. The highest BCUT2D eigenvalue weighted by Crippen LogP contribution is 2.47. The van der Waals surface area contributed by atoms with Gasteiger partial charge in [0.1, 0.15) is 18.8 Å². The van der Waals surface area contributed by atoms with Gasteiger partial charge in [0, 0.05) is 17.2 Å². The van der Waals surface area contributed by atoms with Gasteiger partial charge in [-0.15, -0.1) is 4.65 Å². The molecule has 0 amide bonds. The van der Waals surface area contributed by atoms with Crippen LogP contribution in [0, 0.1) is 10.1 Å². The molecule has 1 aromatic carbocycles. The third-order valence-corrected chi connectivity index (χ3v) is 9.97. The predicted octanol–water partition coefficient (Wildman–Crippen LogP) is 4.98. The van der Waals surface area contributed by atoms with Crippen molar-refractivity contribution in [1.82, 2.24) is 4.65 Å².